The molecule has 3 amide bonds. The molecule has 0 saturated carbocycles. The fourth-order valence-electron chi connectivity index (χ4n) is 3.46. The third-order valence-electron chi connectivity index (χ3n) is 5.17. The molecule has 0 bridgehead atoms. The Morgan fingerprint density at radius 1 is 1.09 bits per heavy atom. The van der Waals surface area contributed by atoms with Gasteiger partial charge in [0.15, 0.2) is 6.10 Å². The zero-order valence-electron chi connectivity index (χ0n) is 18.1. The second-order valence-electron chi connectivity index (χ2n) is 7.72. The first kappa shape index (κ1) is 22.4. The van der Waals surface area contributed by atoms with Gasteiger partial charge < -0.3 is 15.4 Å². The van der Waals surface area contributed by atoms with E-state index in [2.05, 4.69) is 10.6 Å². The molecule has 168 valence electrons. The topological polar surface area (TPSA) is 87.7 Å². The fourth-order valence-corrected chi connectivity index (χ4v) is 3.62. The molecule has 33 heavy (non-hydrogen) atoms. The fraction of sp³-hybridized carbons (Fsp3) is 0.160. The summed E-state index contributed by atoms with van der Waals surface area (Å²) in [6.45, 7) is 3.47. The molecule has 4 rings (SSSR count). The van der Waals surface area contributed by atoms with Crippen molar-refractivity contribution >= 4 is 46.4 Å². The maximum atomic E-state index is 13.0. The van der Waals surface area contributed by atoms with Crippen LogP contribution in [0.5, 0.6) is 5.75 Å². The lowest BCUT2D eigenvalue weighted by molar-refractivity contribution is -0.122. The summed E-state index contributed by atoms with van der Waals surface area (Å²) in [7, 11) is 0. The monoisotopic (exact) mass is 463 g/mol. The Hall–Kier alpha value is -3.84. The molecule has 1 aliphatic rings. The van der Waals surface area contributed by atoms with Crippen LogP contribution in [0.4, 0.5) is 17.1 Å². The number of carbonyl (C=O) groups is 3. The number of ether oxygens (including phenoxy) is 1. The summed E-state index contributed by atoms with van der Waals surface area (Å²) in [6.07, 6.45) is -0.783. The Kier molecular flexibility index (Phi) is 6.33. The normalized spacial score (nSPS) is 13.5. The molecule has 0 radical (unpaired) electrons. The number of benzene rings is 3. The van der Waals surface area contributed by atoms with Crippen LogP contribution in [0.1, 0.15) is 22.8 Å². The van der Waals surface area contributed by atoms with Crippen molar-refractivity contribution in [2.45, 2.75) is 20.0 Å². The van der Waals surface area contributed by atoms with Crippen LogP contribution < -0.4 is 20.3 Å². The van der Waals surface area contributed by atoms with Crippen LogP contribution in [0.3, 0.4) is 0 Å². The molecule has 0 saturated heterocycles. The number of hydrogen-bond donors (Lipinski definition) is 2. The number of aryl methyl sites for hydroxylation is 1. The highest BCUT2D eigenvalue weighted by atomic mass is 35.5. The van der Waals surface area contributed by atoms with Gasteiger partial charge in [-0.15, -0.1) is 0 Å². The Morgan fingerprint density at radius 2 is 1.82 bits per heavy atom. The van der Waals surface area contributed by atoms with Crippen LogP contribution in [-0.2, 0) is 9.59 Å². The van der Waals surface area contributed by atoms with E-state index < -0.39 is 6.10 Å². The van der Waals surface area contributed by atoms with E-state index in [0.29, 0.717) is 33.4 Å². The highest BCUT2D eigenvalue weighted by Crippen LogP contribution is 2.30. The SMILES string of the molecule is Cc1ccc(Cl)c(OC(C)C(=O)Nc2ccc(C(=O)N3CC(=O)Nc4ccccc43)cc2)c1. The van der Waals surface area contributed by atoms with Crippen LogP contribution in [-0.4, -0.2) is 30.4 Å². The molecule has 0 aromatic heterocycles. The predicted octanol–water partition coefficient (Wildman–Crippen LogP) is 4.65. The van der Waals surface area contributed by atoms with Crippen molar-refractivity contribution in [2.75, 3.05) is 22.1 Å². The average Bonchev–Trinajstić information content (AvgIpc) is 2.80. The van der Waals surface area contributed by atoms with Crippen molar-refractivity contribution < 1.29 is 19.1 Å². The van der Waals surface area contributed by atoms with Gasteiger partial charge in [-0.2, -0.15) is 0 Å². The molecule has 8 heteroatoms. The van der Waals surface area contributed by atoms with E-state index in [0.717, 1.165) is 5.56 Å². The lowest BCUT2D eigenvalue weighted by Gasteiger charge is -2.29. The predicted molar refractivity (Wildman–Crippen MR) is 128 cm³/mol. The summed E-state index contributed by atoms with van der Waals surface area (Å²) < 4.78 is 5.70. The molecule has 3 aromatic carbocycles. The first-order valence-electron chi connectivity index (χ1n) is 10.4. The van der Waals surface area contributed by atoms with Gasteiger partial charge in [0.05, 0.1) is 16.4 Å². The van der Waals surface area contributed by atoms with Gasteiger partial charge in [0, 0.05) is 11.3 Å². The van der Waals surface area contributed by atoms with Gasteiger partial charge in [-0.3, -0.25) is 19.3 Å². The second-order valence-corrected chi connectivity index (χ2v) is 8.12. The maximum Gasteiger partial charge on any atom is 0.265 e. The molecular formula is C25H22ClN3O4. The molecule has 7 nitrogen and oxygen atoms in total. The summed E-state index contributed by atoms with van der Waals surface area (Å²) in [5, 5.41) is 5.96. The molecule has 3 aromatic rings. The molecule has 1 unspecified atom stereocenters. The zero-order valence-corrected chi connectivity index (χ0v) is 18.8. The third-order valence-corrected chi connectivity index (χ3v) is 5.49. The van der Waals surface area contributed by atoms with E-state index in [1.807, 2.05) is 19.1 Å². The summed E-state index contributed by atoms with van der Waals surface area (Å²) >= 11 is 6.14. The quantitative estimate of drug-likeness (QED) is 0.576. The van der Waals surface area contributed by atoms with Gasteiger partial charge in [-0.1, -0.05) is 29.8 Å². The van der Waals surface area contributed by atoms with E-state index >= 15 is 0 Å². The number of halogens is 1. The van der Waals surface area contributed by atoms with E-state index in [4.69, 9.17) is 16.3 Å². The van der Waals surface area contributed by atoms with Gasteiger partial charge in [-0.25, -0.2) is 0 Å². The molecule has 0 spiro atoms. The molecule has 2 N–H and O–H groups in total. The first-order chi connectivity index (χ1) is 15.8. The molecular weight excluding hydrogens is 442 g/mol. The van der Waals surface area contributed by atoms with Gasteiger partial charge in [0.25, 0.3) is 11.8 Å². The molecule has 1 heterocycles. The Labute approximate surface area is 196 Å². The first-order valence-corrected chi connectivity index (χ1v) is 10.7. The third kappa shape index (κ3) is 4.99. The number of nitrogens with zero attached hydrogens (tertiary/aromatic N) is 1. The Morgan fingerprint density at radius 3 is 2.58 bits per heavy atom. The number of nitrogens with one attached hydrogen (secondary N) is 2. The van der Waals surface area contributed by atoms with Crippen molar-refractivity contribution in [3.8, 4) is 5.75 Å². The number of hydrogen-bond acceptors (Lipinski definition) is 4. The van der Waals surface area contributed by atoms with Gasteiger partial charge >= 0.3 is 0 Å². The number of para-hydroxylation sites is 2. The van der Waals surface area contributed by atoms with E-state index in [-0.39, 0.29) is 24.3 Å². The smallest absolute Gasteiger partial charge is 0.265 e. The largest absolute Gasteiger partial charge is 0.479 e. The minimum atomic E-state index is -0.783. The summed E-state index contributed by atoms with van der Waals surface area (Å²) in [6, 6.07) is 19.0. The Balaban J connectivity index is 1.43. The lowest BCUT2D eigenvalue weighted by Crippen LogP contribution is -2.42. The highest BCUT2D eigenvalue weighted by molar-refractivity contribution is 6.32. The van der Waals surface area contributed by atoms with Crippen molar-refractivity contribution in [3.63, 3.8) is 0 Å². The Bertz CT molecular complexity index is 1230. The van der Waals surface area contributed by atoms with E-state index in [9.17, 15) is 14.4 Å². The van der Waals surface area contributed by atoms with Crippen molar-refractivity contribution in [1.82, 2.24) is 0 Å². The van der Waals surface area contributed by atoms with E-state index in [1.165, 1.54) is 4.90 Å². The maximum absolute atomic E-state index is 13.0. The molecule has 0 aliphatic carbocycles. The number of amides is 3. The zero-order chi connectivity index (χ0) is 23.5. The van der Waals surface area contributed by atoms with Crippen molar-refractivity contribution in [3.05, 3.63) is 82.9 Å². The van der Waals surface area contributed by atoms with Crippen molar-refractivity contribution in [1.29, 1.82) is 0 Å². The van der Waals surface area contributed by atoms with E-state index in [1.54, 1.807) is 61.5 Å². The standard InChI is InChI=1S/C25H22ClN3O4/c1-15-7-12-19(26)22(13-15)33-16(2)24(31)27-18-10-8-17(9-11-18)25(32)29-14-23(30)28-20-5-3-4-6-21(20)29/h3-13,16H,14H2,1-2H3,(H,27,31)(H,28,30). The number of fused-ring (bicyclic) bond motifs is 1. The lowest BCUT2D eigenvalue weighted by atomic mass is 10.1. The second kappa shape index (κ2) is 9.34. The molecule has 1 atom stereocenters. The van der Waals surface area contributed by atoms with Gasteiger partial charge in [0.1, 0.15) is 12.3 Å². The highest BCUT2D eigenvalue weighted by Gasteiger charge is 2.27. The molecule has 0 fully saturated rings. The van der Waals surface area contributed by atoms with Crippen LogP contribution in [0, 0.1) is 6.92 Å². The van der Waals surface area contributed by atoms with Crippen LogP contribution in [0.25, 0.3) is 0 Å². The van der Waals surface area contributed by atoms with Gasteiger partial charge in [0.2, 0.25) is 5.91 Å². The average molecular weight is 464 g/mol. The number of anilines is 3. The summed E-state index contributed by atoms with van der Waals surface area (Å²) in [4.78, 5) is 39.0. The van der Waals surface area contributed by atoms with Crippen LogP contribution >= 0.6 is 11.6 Å². The number of rotatable bonds is 5. The minimum Gasteiger partial charge on any atom is -0.479 e. The van der Waals surface area contributed by atoms with Crippen LogP contribution in [0.15, 0.2) is 66.7 Å². The van der Waals surface area contributed by atoms with Crippen molar-refractivity contribution in [2.24, 2.45) is 0 Å². The number of carbonyl (C=O) groups excluding carboxylic acids is 3. The minimum absolute atomic E-state index is 0.0648. The van der Waals surface area contributed by atoms with Crippen LogP contribution in [0.2, 0.25) is 5.02 Å². The molecule has 1 aliphatic heterocycles. The summed E-state index contributed by atoms with van der Waals surface area (Å²) in [5.41, 5.74) is 3.11. The van der Waals surface area contributed by atoms with Gasteiger partial charge in [-0.05, 0) is 67.9 Å². The summed E-state index contributed by atoms with van der Waals surface area (Å²) in [5.74, 6) is -0.478.